The van der Waals surface area contributed by atoms with Crippen LogP contribution in [-0.4, -0.2) is 64.1 Å². The van der Waals surface area contributed by atoms with E-state index < -0.39 is 46.5 Å². The first kappa shape index (κ1) is 26.5. The van der Waals surface area contributed by atoms with E-state index in [0.29, 0.717) is 31.3 Å². The van der Waals surface area contributed by atoms with Gasteiger partial charge in [0.1, 0.15) is 0 Å². The molecule has 2 rings (SSSR count). The van der Waals surface area contributed by atoms with Crippen LogP contribution < -0.4 is 0 Å². The first-order valence-electron chi connectivity index (χ1n) is 11.3. The third-order valence-electron chi connectivity index (χ3n) is 7.61. The van der Waals surface area contributed by atoms with E-state index in [1.807, 2.05) is 6.92 Å². The molecule has 0 spiro atoms. The molecule has 0 aliphatic heterocycles. The van der Waals surface area contributed by atoms with Crippen molar-refractivity contribution in [3.63, 3.8) is 0 Å². The van der Waals surface area contributed by atoms with E-state index in [0.717, 1.165) is 5.57 Å². The number of Topliss-reactive ketones (excluding diaryl/α,β-unsaturated/α-hetero) is 1. The van der Waals surface area contributed by atoms with E-state index in [1.165, 1.54) is 13.8 Å². The normalized spacial score (nSPS) is 34.5. The minimum atomic E-state index is -1.10. The van der Waals surface area contributed by atoms with Crippen molar-refractivity contribution in [2.24, 2.45) is 16.7 Å². The van der Waals surface area contributed by atoms with Gasteiger partial charge < -0.3 is 24.8 Å². The molecule has 6 atom stereocenters. The second-order valence-electron chi connectivity index (χ2n) is 10.2. The minimum absolute atomic E-state index is 0.108. The Morgan fingerprint density at radius 3 is 2.34 bits per heavy atom. The second-order valence-corrected chi connectivity index (χ2v) is 10.2. The molecule has 32 heavy (non-hydrogen) atoms. The Morgan fingerprint density at radius 1 is 1.19 bits per heavy atom. The summed E-state index contributed by atoms with van der Waals surface area (Å²) < 4.78 is 10.8. The first-order valence-corrected chi connectivity index (χ1v) is 11.3. The second kappa shape index (κ2) is 9.61. The Morgan fingerprint density at radius 2 is 1.81 bits per heavy atom. The van der Waals surface area contributed by atoms with Crippen LogP contribution in [0.5, 0.6) is 0 Å². The van der Waals surface area contributed by atoms with Crippen LogP contribution in [0.2, 0.25) is 0 Å². The summed E-state index contributed by atoms with van der Waals surface area (Å²) in [6.07, 6.45) is -0.00450. The van der Waals surface area contributed by atoms with Crippen LogP contribution >= 0.6 is 0 Å². The van der Waals surface area contributed by atoms with Crippen molar-refractivity contribution in [2.75, 3.05) is 13.2 Å². The van der Waals surface area contributed by atoms with Gasteiger partial charge in [0.15, 0.2) is 11.9 Å². The molecule has 6 unspecified atom stereocenters. The maximum atomic E-state index is 13.4. The van der Waals surface area contributed by atoms with Gasteiger partial charge in [0.2, 0.25) is 0 Å². The van der Waals surface area contributed by atoms with Crippen LogP contribution in [0.15, 0.2) is 11.1 Å². The third-order valence-corrected chi connectivity index (χ3v) is 7.61. The summed E-state index contributed by atoms with van der Waals surface area (Å²) in [5.41, 5.74) is -1.38. The molecule has 2 aliphatic rings. The molecule has 0 aromatic heterocycles. The number of aliphatic hydroxyl groups excluding tert-OH is 2. The molecule has 0 radical (unpaired) electrons. The topological polar surface area (TPSA) is 130 Å². The van der Waals surface area contributed by atoms with Crippen molar-refractivity contribution in [1.29, 1.82) is 0 Å². The molecule has 2 aliphatic carbocycles. The maximum Gasteiger partial charge on any atom is 0.303 e. The van der Waals surface area contributed by atoms with Gasteiger partial charge in [-0.05, 0) is 56.9 Å². The smallest absolute Gasteiger partial charge is 0.303 e. The lowest BCUT2D eigenvalue weighted by atomic mass is 9.47. The van der Waals surface area contributed by atoms with E-state index >= 15 is 0 Å². The Kier molecular flexibility index (Phi) is 7.95. The number of fused-ring (bicyclic) bond motifs is 1. The van der Waals surface area contributed by atoms with E-state index in [9.17, 15) is 29.7 Å². The van der Waals surface area contributed by atoms with Crippen LogP contribution in [0.25, 0.3) is 0 Å². The summed E-state index contributed by atoms with van der Waals surface area (Å²) in [6.45, 7) is 9.41. The molecule has 0 aromatic rings. The van der Waals surface area contributed by atoms with Gasteiger partial charge in [-0.15, -0.1) is 0 Å². The number of aliphatic hydroxyl groups is 3. The van der Waals surface area contributed by atoms with E-state index in [1.54, 1.807) is 20.8 Å². The Hall–Kier alpha value is -1.77. The number of ether oxygens (including phenoxy) is 2. The van der Waals surface area contributed by atoms with Gasteiger partial charge in [0, 0.05) is 31.8 Å². The molecule has 0 saturated heterocycles. The zero-order chi connectivity index (χ0) is 24.5. The molecule has 0 bridgehead atoms. The lowest BCUT2D eigenvalue weighted by Gasteiger charge is -2.58. The molecule has 0 amide bonds. The van der Waals surface area contributed by atoms with Crippen molar-refractivity contribution in [3.8, 4) is 0 Å². The summed E-state index contributed by atoms with van der Waals surface area (Å²) >= 11 is 0. The molecule has 3 N–H and O–H groups in total. The third kappa shape index (κ3) is 5.07. The van der Waals surface area contributed by atoms with E-state index in [-0.39, 0.29) is 25.4 Å². The van der Waals surface area contributed by atoms with Crippen LogP contribution in [0, 0.1) is 16.7 Å². The van der Waals surface area contributed by atoms with Gasteiger partial charge in [-0.25, -0.2) is 0 Å². The molecule has 8 nitrogen and oxygen atoms in total. The van der Waals surface area contributed by atoms with Crippen molar-refractivity contribution in [1.82, 2.24) is 0 Å². The summed E-state index contributed by atoms with van der Waals surface area (Å²) in [4.78, 5) is 36.9. The van der Waals surface area contributed by atoms with E-state index in [4.69, 9.17) is 9.47 Å². The van der Waals surface area contributed by atoms with Crippen molar-refractivity contribution in [3.05, 3.63) is 11.1 Å². The Bertz CT molecular complexity index is 785. The van der Waals surface area contributed by atoms with Gasteiger partial charge in [0.05, 0.1) is 18.3 Å². The summed E-state index contributed by atoms with van der Waals surface area (Å²) in [5.74, 6) is -2.04. The fraction of sp³-hybridized carbons (Fsp3) is 0.792. The number of rotatable bonds is 8. The molecule has 8 heteroatoms. The highest BCUT2D eigenvalue weighted by atomic mass is 16.5. The van der Waals surface area contributed by atoms with Gasteiger partial charge in [-0.1, -0.05) is 19.4 Å². The molecule has 1 saturated carbocycles. The van der Waals surface area contributed by atoms with Gasteiger partial charge >= 0.3 is 11.9 Å². The fourth-order valence-electron chi connectivity index (χ4n) is 5.79. The van der Waals surface area contributed by atoms with E-state index in [2.05, 4.69) is 0 Å². The summed E-state index contributed by atoms with van der Waals surface area (Å²) in [6, 6.07) is 0. The number of allylic oxidation sites excluding steroid dienone is 1. The quantitative estimate of drug-likeness (QED) is 0.475. The highest BCUT2D eigenvalue weighted by Crippen LogP contribution is 2.60. The summed E-state index contributed by atoms with van der Waals surface area (Å²) in [5, 5.41) is 30.8. The monoisotopic (exact) mass is 454 g/mol. The number of hydrogen-bond acceptors (Lipinski definition) is 8. The SMILES string of the molecule is CC(=O)OCC1(C)C(O)CCC2(C)C(CCC(C)(O)CCO)=C(C)C(=O)C(OC(C)=O)C21. The average Bonchev–Trinajstić information content (AvgIpc) is 2.67. The zero-order valence-corrected chi connectivity index (χ0v) is 20.1. The van der Waals surface area contributed by atoms with Crippen LogP contribution in [0.3, 0.4) is 0 Å². The first-order chi connectivity index (χ1) is 14.7. The van der Waals surface area contributed by atoms with Gasteiger partial charge in [-0.3, -0.25) is 14.4 Å². The number of hydrogen-bond donors (Lipinski definition) is 3. The summed E-state index contributed by atoms with van der Waals surface area (Å²) in [7, 11) is 0. The predicted octanol–water partition coefficient (Wildman–Crippen LogP) is 2.08. The lowest BCUT2D eigenvalue weighted by molar-refractivity contribution is -0.192. The van der Waals surface area contributed by atoms with Crippen LogP contribution in [0.1, 0.15) is 73.6 Å². The number of carbonyl (C=O) groups excluding carboxylic acids is 3. The molecular weight excluding hydrogens is 416 g/mol. The fourth-order valence-corrected chi connectivity index (χ4v) is 5.79. The molecular formula is C24H38O8. The molecule has 0 aromatic carbocycles. The standard InChI is InChI=1S/C24H38O8/c1-14-17(7-9-22(4,30)11-12-25)23(5)10-8-18(28)24(6,13-31-15(2)26)21(23)20(19(14)29)32-16(3)27/h18,20-21,25,28,30H,7-13H2,1-6H3. The Balaban J connectivity index is 2.59. The maximum absolute atomic E-state index is 13.4. The molecule has 0 heterocycles. The van der Waals surface area contributed by atoms with Crippen molar-refractivity contribution in [2.45, 2.75) is 91.5 Å². The largest absolute Gasteiger partial charge is 0.465 e. The highest BCUT2D eigenvalue weighted by Gasteiger charge is 2.63. The minimum Gasteiger partial charge on any atom is -0.465 e. The highest BCUT2D eigenvalue weighted by molar-refractivity contribution is 6.01. The molecule has 1 fully saturated rings. The lowest BCUT2D eigenvalue weighted by Crippen LogP contribution is -2.63. The predicted molar refractivity (Wildman–Crippen MR) is 116 cm³/mol. The Labute approximate surface area is 190 Å². The zero-order valence-electron chi connectivity index (χ0n) is 20.1. The van der Waals surface area contributed by atoms with Crippen molar-refractivity contribution >= 4 is 17.7 Å². The van der Waals surface area contributed by atoms with Crippen LogP contribution in [0.4, 0.5) is 0 Å². The van der Waals surface area contributed by atoms with Crippen LogP contribution in [-0.2, 0) is 23.9 Å². The number of esters is 2. The number of ketones is 1. The number of carbonyl (C=O) groups is 3. The average molecular weight is 455 g/mol. The van der Waals surface area contributed by atoms with Crippen molar-refractivity contribution < 1.29 is 39.2 Å². The van der Waals surface area contributed by atoms with Gasteiger partial charge in [0.25, 0.3) is 0 Å². The molecule has 182 valence electrons. The van der Waals surface area contributed by atoms with Gasteiger partial charge in [-0.2, -0.15) is 0 Å².